The second kappa shape index (κ2) is 6.00. The van der Waals surface area contributed by atoms with Crippen LogP contribution in [0.15, 0.2) is 4.42 Å². The molecule has 0 radical (unpaired) electrons. The van der Waals surface area contributed by atoms with Crippen molar-refractivity contribution in [2.24, 2.45) is 10.8 Å². The van der Waals surface area contributed by atoms with Gasteiger partial charge in [-0.25, -0.2) is 0 Å². The quantitative estimate of drug-likeness (QED) is 0.775. The van der Waals surface area contributed by atoms with E-state index in [1.165, 1.54) is 0 Å². The second-order valence-electron chi connectivity index (χ2n) is 9.85. The van der Waals surface area contributed by atoms with Gasteiger partial charge in [0, 0.05) is 31.0 Å². The third kappa shape index (κ3) is 3.54. The molecule has 0 N–H and O–H groups in total. The molecule has 1 aromatic rings. The van der Waals surface area contributed by atoms with Gasteiger partial charge in [-0.15, -0.1) is 0 Å². The average molecular weight is 345 g/mol. The molecule has 1 amide bonds. The van der Waals surface area contributed by atoms with E-state index >= 15 is 0 Å². The summed E-state index contributed by atoms with van der Waals surface area (Å²) in [5, 5.41) is 0. The summed E-state index contributed by atoms with van der Waals surface area (Å²) in [6, 6.07) is 0.265. The van der Waals surface area contributed by atoms with E-state index in [4.69, 9.17) is 4.42 Å². The van der Waals surface area contributed by atoms with Crippen LogP contribution in [0.5, 0.6) is 0 Å². The molecular formula is C21H31NO3. The third-order valence-corrected chi connectivity index (χ3v) is 5.46. The molecule has 0 spiro atoms. The highest BCUT2D eigenvalue weighted by atomic mass is 16.4. The zero-order valence-electron chi connectivity index (χ0n) is 16.5. The highest BCUT2D eigenvalue weighted by Gasteiger charge is 2.39. The summed E-state index contributed by atoms with van der Waals surface area (Å²) in [5.74, 6) is 1.16. The zero-order chi connectivity index (χ0) is 18.6. The maximum absolute atomic E-state index is 13.2. The van der Waals surface area contributed by atoms with Crippen LogP contribution < -0.4 is 0 Å². The molecule has 1 fully saturated rings. The smallest absolute Gasteiger partial charge is 0.290 e. The van der Waals surface area contributed by atoms with Crippen molar-refractivity contribution >= 4 is 11.7 Å². The van der Waals surface area contributed by atoms with Gasteiger partial charge in [-0.1, -0.05) is 34.6 Å². The summed E-state index contributed by atoms with van der Waals surface area (Å²) in [4.78, 5) is 27.7. The van der Waals surface area contributed by atoms with Crippen LogP contribution in [-0.4, -0.2) is 29.2 Å². The van der Waals surface area contributed by atoms with Gasteiger partial charge in [0.1, 0.15) is 5.76 Å². The molecule has 1 saturated heterocycles. The highest BCUT2D eigenvalue weighted by molar-refractivity contribution is 6.03. The molecular weight excluding hydrogens is 314 g/mol. The lowest BCUT2D eigenvalue weighted by Crippen LogP contribution is -2.37. The van der Waals surface area contributed by atoms with E-state index in [2.05, 4.69) is 34.6 Å². The summed E-state index contributed by atoms with van der Waals surface area (Å²) < 4.78 is 5.98. The van der Waals surface area contributed by atoms with E-state index in [0.717, 1.165) is 31.4 Å². The first-order chi connectivity index (χ1) is 11.5. The minimum atomic E-state index is -0.100. The molecule has 2 aliphatic rings. The maximum atomic E-state index is 13.2. The van der Waals surface area contributed by atoms with Crippen molar-refractivity contribution in [3.63, 3.8) is 0 Å². The predicted molar refractivity (Wildman–Crippen MR) is 98.0 cm³/mol. The van der Waals surface area contributed by atoms with Crippen molar-refractivity contribution in [3.05, 3.63) is 22.6 Å². The number of fused-ring (bicyclic) bond motifs is 1. The first kappa shape index (κ1) is 18.2. The van der Waals surface area contributed by atoms with Crippen molar-refractivity contribution in [2.45, 2.75) is 79.7 Å². The Kier molecular flexibility index (Phi) is 4.37. The van der Waals surface area contributed by atoms with Crippen LogP contribution >= 0.6 is 0 Å². The number of carbonyl (C=O) groups is 2. The number of hydrogen-bond acceptors (Lipinski definition) is 3. The van der Waals surface area contributed by atoms with Crippen LogP contribution in [0.2, 0.25) is 0 Å². The van der Waals surface area contributed by atoms with Crippen molar-refractivity contribution in [1.29, 1.82) is 0 Å². The monoisotopic (exact) mass is 345 g/mol. The van der Waals surface area contributed by atoms with E-state index in [-0.39, 0.29) is 28.6 Å². The zero-order valence-corrected chi connectivity index (χ0v) is 16.5. The van der Waals surface area contributed by atoms with E-state index in [0.29, 0.717) is 29.9 Å². The van der Waals surface area contributed by atoms with Gasteiger partial charge in [-0.2, -0.15) is 0 Å². The van der Waals surface area contributed by atoms with Crippen LogP contribution in [0.4, 0.5) is 0 Å². The van der Waals surface area contributed by atoms with Gasteiger partial charge >= 0.3 is 0 Å². The number of carbonyl (C=O) groups excluding carboxylic acids is 2. The average Bonchev–Trinajstić information content (AvgIpc) is 2.99. The van der Waals surface area contributed by atoms with E-state index < -0.39 is 0 Å². The summed E-state index contributed by atoms with van der Waals surface area (Å²) >= 11 is 0. The van der Waals surface area contributed by atoms with Crippen LogP contribution in [0, 0.1) is 17.8 Å². The topological polar surface area (TPSA) is 50.5 Å². The lowest BCUT2D eigenvalue weighted by molar-refractivity contribution is 0.0666. The van der Waals surface area contributed by atoms with Crippen molar-refractivity contribution in [1.82, 2.24) is 4.90 Å². The normalized spacial score (nSPS) is 23.0. The standard InChI is InChI=1S/C21H31NO3/c1-13-17-15(23)11-21(5,6)12-16(17)25-18(13)19(24)22-9-7-8-14(22)10-20(2,3)4/h14H,7-12H2,1-6H3. The first-order valence-corrected chi connectivity index (χ1v) is 9.45. The maximum Gasteiger partial charge on any atom is 0.290 e. The summed E-state index contributed by atoms with van der Waals surface area (Å²) in [7, 11) is 0. The molecule has 3 rings (SSSR count). The fourth-order valence-electron chi connectivity index (χ4n) is 4.44. The van der Waals surface area contributed by atoms with Gasteiger partial charge in [0.2, 0.25) is 0 Å². The Morgan fingerprint density at radius 3 is 2.60 bits per heavy atom. The largest absolute Gasteiger partial charge is 0.455 e. The second-order valence-corrected chi connectivity index (χ2v) is 9.85. The van der Waals surface area contributed by atoms with Crippen molar-refractivity contribution in [3.8, 4) is 0 Å². The predicted octanol–water partition coefficient (Wildman–Crippen LogP) is 4.78. The lowest BCUT2D eigenvalue weighted by Gasteiger charge is -2.30. The molecule has 0 bridgehead atoms. The molecule has 1 aliphatic heterocycles. The molecule has 0 saturated carbocycles. The van der Waals surface area contributed by atoms with Crippen molar-refractivity contribution in [2.75, 3.05) is 6.54 Å². The molecule has 0 aromatic carbocycles. The number of likely N-dealkylation sites (tertiary alicyclic amines) is 1. The summed E-state index contributed by atoms with van der Waals surface area (Å²) in [5.41, 5.74) is 1.48. The lowest BCUT2D eigenvalue weighted by atomic mass is 9.76. The van der Waals surface area contributed by atoms with Gasteiger partial charge in [0.25, 0.3) is 5.91 Å². The Bertz CT molecular complexity index is 705. The molecule has 1 unspecified atom stereocenters. The number of ketones is 1. The minimum Gasteiger partial charge on any atom is -0.455 e. The number of hydrogen-bond donors (Lipinski definition) is 0. The number of amides is 1. The number of nitrogens with zero attached hydrogens (tertiary/aromatic N) is 1. The molecule has 1 aliphatic carbocycles. The molecule has 1 atom stereocenters. The van der Waals surface area contributed by atoms with Crippen LogP contribution in [0.1, 0.15) is 92.5 Å². The Morgan fingerprint density at radius 1 is 1.28 bits per heavy atom. The number of Topliss-reactive ketones (excluding diaryl/α,β-unsaturated/α-hetero) is 1. The van der Waals surface area contributed by atoms with Crippen LogP contribution in [-0.2, 0) is 6.42 Å². The molecule has 138 valence electrons. The van der Waals surface area contributed by atoms with Crippen LogP contribution in [0.25, 0.3) is 0 Å². The van der Waals surface area contributed by atoms with E-state index in [1.54, 1.807) is 0 Å². The van der Waals surface area contributed by atoms with Gasteiger partial charge in [0.15, 0.2) is 11.5 Å². The fourth-order valence-corrected chi connectivity index (χ4v) is 4.44. The fraction of sp³-hybridized carbons (Fsp3) is 0.714. The SMILES string of the molecule is Cc1c(C(=O)N2CCCC2CC(C)(C)C)oc2c1C(=O)CC(C)(C)C2. The number of furan rings is 1. The summed E-state index contributed by atoms with van der Waals surface area (Å²) in [6.07, 6.45) is 4.31. The Hall–Kier alpha value is -1.58. The summed E-state index contributed by atoms with van der Waals surface area (Å²) in [6.45, 7) is 13.4. The highest BCUT2D eigenvalue weighted by Crippen LogP contribution is 2.39. The third-order valence-electron chi connectivity index (χ3n) is 5.46. The van der Waals surface area contributed by atoms with Crippen molar-refractivity contribution < 1.29 is 14.0 Å². The molecule has 2 heterocycles. The minimum absolute atomic E-state index is 0.0377. The van der Waals surface area contributed by atoms with Crippen LogP contribution in [0.3, 0.4) is 0 Å². The Morgan fingerprint density at radius 2 is 1.96 bits per heavy atom. The Labute approximate surface area is 151 Å². The van der Waals surface area contributed by atoms with Gasteiger partial charge in [-0.05, 0) is 37.0 Å². The molecule has 1 aromatic heterocycles. The van der Waals surface area contributed by atoms with Gasteiger partial charge in [-0.3, -0.25) is 9.59 Å². The number of rotatable bonds is 2. The molecule has 4 heteroatoms. The van der Waals surface area contributed by atoms with E-state index in [9.17, 15) is 9.59 Å². The Balaban J connectivity index is 1.90. The van der Waals surface area contributed by atoms with Gasteiger partial charge in [0.05, 0.1) is 5.56 Å². The van der Waals surface area contributed by atoms with E-state index in [1.807, 2.05) is 11.8 Å². The molecule has 25 heavy (non-hydrogen) atoms. The van der Waals surface area contributed by atoms with Gasteiger partial charge < -0.3 is 9.32 Å². The first-order valence-electron chi connectivity index (χ1n) is 9.45. The molecule has 4 nitrogen and oxygen atoms in total.